The Kier molecular flexibility index (Phi) is 9.25. The van der Waals surface area contributed by atoms with Crippen molar-refractivity contribution in [1.29, 1.82) is 0 Å². The van der Waals surface area contributed by atoms with Gasteiger partial charge in [0.05, 0.1) is 0 Å². The van der Waals surface area contributed by atoms with Crippen molar-refractivity contribution in [2.75, 3.05) is 12.5 Å². The second-order valence-electron chi connectivity index (χ2n) is 4.57. The zero-order chi connectivity index (χ0) is 16.4. The van der Waals surface area contributed by atoms with Crippen molar-refractivity contribution in [1.82, 2.24) is 0 Å². The molecule has 3 unspecified atom stereocenters. The fourth-order valence-corrected chi connectivity index (χ4v) is 2.78. The quantitative estimate of drug-likeness (QED) is 0.206. The smallest absolute Gasteiger partial charge is 0.409 e. The molecule has 0 aliphatic carbocycles. The number of alkyl halides is 1. The van der Waals surface area contributed by atoms with E-state index in [0.717, 1.165) is 12.8 Å². The van der Waals surface area contributed by atoms with Crippen molar-refractivity contribution in [3.63, 3.8) is 0 Å². The summed E-state index contributed by atoms with van der Waals surface area (Å²) >= 11 is 5.44. The molecular weight excluding hydrogens is 327 g/mol. The average Bonchev–Trinajstić information content (AvgIpc) is 2.53. The highest BCUT2D eigenvalue weighted by molar-refractivity contribution is 7.39. The SMILES string of the molecule is CCCCOC(C)O[P+](=O)C(OC(=O)CCl)c1ccccc1. The molecule has 0 saturated heterocycles. The van der Waals surface area contributed by atoms with Gasteiger partial charge in [-0.15, -0.1) is 16.1 Å². The summed E-state index contributed by atoms with van der Waals surface area (Å²) in [5, 5.41) is 0. The summed E-state index contributed by atoms with van der Waals surface area (Å²) in [7, 11) is -2.30. The summed E-state index contributed by atoms with van der Waals surface area (Å²) in [4.78, 5) is 11.4. The van der Waals surface area contributed by atoms with Gasteiger partial charge in [-0.1, -0.05) is 43.7 Å². The maximum absolute atomic E-state index is 12.4. The Labute approximate surface area is 136 Å². The molecule has 22 heavy (non-hydrogen) atoms. The van der Waals surface area contributed by atoms with E-state index in [-0.39, 0.29) is 5.88 Å². The van der Waals surface area contributed by atoms with E-state index in [1.165, 1.54) is 0 Å². The second kappa shape index (κ2) is 10.7. The largest absolute Gasteiger partial charge is 0.561 e. The van der Waals surface area contributed by atoms with Crippen LogP contribution in [0.1, 0.15) is 38.1 Å². The maximum atomic E-state index is 12.4. The van der Waals surface area contributed by atoms with Crippen molar-refractivity contribution < 1.29 is 23.4 Å². The second-order valence-corrected chi connectivity index (χ2v) is 6.09. The third-order valence-electron chi connectivity index (χ3n) is 2.73. The standard InChI is InChI=1S/C15H21ClO5P/c1-3-4-10-19-12(2)21-22(18)15(20-14(17)11-16)13-8-6-5-7-9-13/h5-9,12,15H,3-4,10-11H2,1-2H3/q+1. The molecule has 7 heteroatoms. The highest BCUT2D eigenvalue weighted by atomic mass is 35.5. The minimum Gasteiger partial charge on any atom is -0.409 e. The highest BCUT2D eigenvalue weighted by Gasteiger charge is 2.40. The summed E-state index contributed by atoms with van der Waals surface area (Å²) in [5.41, 5.74) is 0.586. The predicted octanol–water partition coefficient (Wildman–Crippen LogP) is 4.39. The molecule has 5 nitrogen and oxygen atoms in total. The number of hydrogen-bond acceptors (Lipinski definition) is 5. The van der Waals surface area contributed by atoms with E-state index < -0.39 is 26.1 Å². The Balaban J connectivity index is 2.70. The lowest BCUT2D eigenvalue weighted by molar-refractivity contribution is -0.143. The van der Waals surface area contributed by atoms with Crippen LogP contribution < -0.4 is 0 Å². The molecule has 1 aromatic rings. The van der Waals surface area contributed by atoms with E-state index in [2.05, 4.69) is 0 Å². The third kappa shape index (κ3) is 6.84. The van der Waals surface area contributed by atoms with Crippen molar-refractivity contribution >= 4 is 25.6 Å². The van der Waals surface area contributed by atoms with Crippen LogP contribution in [0.3, 0.4) is 0 Å². The minimum absolute atomic E-state index is 0.310. The van der Waals surface area contributed by atoms with E-state index in [1.54, 1.807) is 31.2 Å². The van der Waals surface area contributed by atoms with E-state index >= 15 is 0 Å². The van der Waals surface area contributed by atoms with Gasteiger partial charge in [0, 0.05) is 12.2 Å². The van der Waals surface area contributed by atoms with Crippen LogP contribution in [0.15, 0.2) is 30.3 Å². The molecule has 0 aromatic heterocycles. The summed E-state index contributed by atoms with van der Waals surface area (Å²) in [6, 6.07) is 8.77. The molecule has 0 aliphatic heterocycles. The monoisotopic (exact) mass is 347 g/mol. The number of hydrogen-bond donors (Lipinski definition) is 0. The Hall–Kier alpha value is -1.00. The highest BCUT2D eigenvalue weighted by Crippen LogP contribution is 2.44. The summed E-state index contributed by atoms with van der Waals surface area (Å²) < 4.78 is 28.2. The van der Waals surface area contributed by atoms with Crippen LogP contribution in [0, 0.1) is 0 Å². The minimum atomic E-state index is -2.30. The number of carbonyl (C=O) groups is 1. The fourth-order valence-electron chi connectivity index (χ4n) is 1.63. The summed E-state index contributed by atoms with van der Waals surface area (Å²) in [6.07, 6.45) is 1.25. The number of halogens is 1. The zero-order valence-electron chi connectivity index (χ0n) is 12.7. The molecule has 0 heterocycles. The maximum Gasteiger partial charge on any atom is 0.561 e. The van der Waals surface area contributed by atoms with Crippen LogP contribution >= 0.6 is 19.6 Å². The van der Waals surface area contributed by atoms with Crippen LogP contribution in [0.25, 0.3) is 0 Å². The molecule has 122 valence electrons. The zero-order valence-corrected chi connectivity index (χ0v) is 14.4. The van der Waals surface area contributed by atoms with Gasteiger partial charge in [-0.25, -0.2) is 0 Å². The van der Waals surface area contributed by atoms with Crippen LogP contribution in [0.5, 0.6) is 0 Å². The van der Waals surface area contributed by atoms with Gasteiger partial charge in [0.1, 0.15) is 5.88 Å². The van der Waals surface area contributed by atoms with Gasteiger partial charge >= 0.3 is 19.8 Å². The normalized spacial score (nSPS) is 14.2. The van der Waals surface area contributed by atoms with Crippen molar-refractivity contribution in [3.8, 4) is 0 Å². The number of benzene rings is 1. The van der Waals surface area contributed by atoms with Gasteiger partial charge in [0.25, 0.3) is 0 Å². The predicted molar refractivity (Wildman–Crippen MR) is 85.0 cm³/mol. The Morgan fingerprint density at radius 1 is 1.32 bits per heavy atom. The first-order valence-electron chi connectivity index (χ1n) is 7.13. The van der Waals surface area contributed by atoms with Crippen LogP contribution in [-0.2, 0) is 23.4 Å². The third-order valence-corrected chi connectivity index (χ3v) is 4.24. The average molecular weight is 348 g/mol. The molecule has 1 aromatic carbocycles. The van der Waals surface area contributed by atoms with Crippen LogP contribution in [0.2, 0.25) is 0 Å². The molecule has 1 rings (SSSR count). The summed E-state index contributed by atoms with van der Waals surface area (Å²) in [5.74, 6) is -1.96. The van der Waals surface area contributed by atoms with Gasteiger partial charge < -0.3 is 9.47 Å². The lowest BCUT2D eigenvalue weighted by Crippen LogP contribution is -2.14. The Morgan fingerprint density at radius 2 is 2.00 bits per heavy atom. The Bertz CT molecular complexity index is 468. The van der Waals surface area contributed by atoms with Crippen molar-refractivity contribution in [2.45, 2.75) is 38.8 Å². The van der Waals surface area contributed by atoms with E-state index in [9.17, 15) is 9.36 Å². The number of esters is 1. The first-order valence-corrected chi connectivity index (χ1v) is 8.91. The molecule has 0 fully saturated rings. The van der Waals surface area contributed by atoms with Crippen LogP contribution in [0.4, 0.5) is 0 Å². The first kappa shape index (κ1) is 19.0. The number of carbonyl (C=O) groups excluding carboxylic acids is 1. The van der Waals surface area contributed by atoms with E-state index in [0.29, 0.717) is 12.2 Å². The first-order chi connectivity index (χ1) is 10.6. The lowest BCUT2D eigenvalue weighted by atomic mass is 10.2. The molecule has 0 saturated carbocycles. The van der Waals surface area contributed by atoms with Gasteiger partial charge in [0.2, 0.25) is 6.29 Å². The molecule has 3 atom stereocenters. The van der Waals surface area contributed by atoms with Crippen molar-refractivity contribution in [3.05, 3.63) is 35.9 Å². The fraction of sp³-hybridized carbons (Fsp3) is 0.533. The molecule has 0 spiro atoms. The molecule has 0 radical (unpaired) electrons. The Morgan fingerprint density at radius 3 is 2.59 bits per heavy atom. The van der Waals surface area contributed by atoms with Crippen molar-refractivity contribution in [2.24, 2.45) is 0 Å². The van der Waals surface area contributed by atoms with E-state index in [1.807, 2.05) is 13.0 Å². The molecular formula is C15H21ClO5P+. The van der Waals surface area contributed by atoms with E-state index in [4.69, 9.17) is 25.6 Å². The van der Waals surface area contributed by atoms with Gasteiger partial charge in [-0.3, -0.25) is 4.79 Å². The number of unbranched alkanes of at least 4 members (excludes halogenated alkanes) is 1. The number of rotatable bonds is 10. The summed E-state index contributed by atoms with van der Waals surface area (Å²) in [6.45, 7) is 4.24. The van der Waals surface area contributed by atoms with Gasteiger partial charge in [0.15, 0.2) is 0 Å². The topological polar surface area (TPSA) is 61.8 Å². The molecule has 0 bridgehead atoms. The molecule has 0 aliphatic rings. The molecule has 0 amide bonds. The van der Waals surface area contributed by atoms with Gasteiger partial charge in [-0.05, 0) is 17.9 Å². The number of ether oxygens (including phenoxy) is 2. The van der Waals surface area contributed by atoms with Crippen LogP contribution in [-0.4, -0.2) is 24.7 Å². The molecule has 0 N–H and O–H groups in total. The lowest BCUT2D eigenvalue weighted by Gasteiger charge is -2.11. The van der Waals surface area contributed by atoms with Gasteiger partial charge in [-0.2, -0.15) is 0 Å².